The van der Waals surface area contributed by atoms with E-state index >= 15 is 0 Å². The Morgan fingerprint density at radius 1 is 1.07 bits per heavy atom. The first-order chi connectivity index (χ1) is 13.9. The predicted molar refractivity (Wildman–Crippen MR) is 116 cm³/mol. The monoisotopic (exact) mass is 416 g/mol. The number of nitrogens with one attached hydrogen (secondary N) is 1. The maximum absolute atomic E-state index is 13.3. The second-order valence-electron chi connectivity index (χ2n) is 6.96. The molecule has 4 nitrogen and oxygen atoms in total. The number of rotatable bonds is 10. The maximum Gasteiger partial charge on any atom is 0.242 e. The van der Waals surface area contributed by atoms with E-state index in [4.69, 9.17) is 0 Å². The van der Waals surface area contributed by atoms with Crippen molar-refractivity contribution < 1.29 is 14.0 Å². The summed E-state index contributed by atoms with van der Waals surface area (Å²) in [5.74, 6) is -0.347. The van der Waals surface area contributed by atoms with E-state index in [1.165, 1.54) is 23.9 Å². The minimum absolute atomic E-state index is 0.113. The maximum atomic E-state index is 13.3. The van der Waals surface area contributed by atoms with Crippen LogP contribution >= 0.6 is 11.8 Å². The summed E-state index contributed by atoms with van der Waals surface area (Å²) in [7, 11) is 0. The van der Waals surface area contributed by atoms with Gasteiger partial charge in [-0.2, -0.15) is 0 Å². The molecule has 0 spiro atoms. The molecule has 0 aliphatic heterocycles. The van der Waals surface area contributed by atoms with E-state index in [-0.39, 0.29) is 29.9 Å². The summed E-state index contributed by atoms with van der Waals surface area (Å²) in [6.45, 7) is 6.75. The smallest absolute Gasteiger partial charge is 0.242 e. The molecule has 2 rings (SSSR count). The standard InChI is InChI=1S/C23H29FN2O2S/c1-4-14-25-23(28)21(5-2)26(15-18-8-10-19(24)11-9-18)22(27)16-29-20-12-6-17(3)7-13-20/h6-13,21H,4-5,14-16H2,1-3H3,(H,25,28)/t21-/m1/s1. The molecule has 0 aliphatic rings. The number of nitrogens with zero attached hydrogens (tertiary/aromatic N) is 1. The minimum atomic E-state index is -0.558. The fourth-order valence-electron chi connectivity index (χ4n) is 2.93. The van der Waals surface area contributed by atoms with Gasteiger partial charge >= 0.3 is 0 Å². The summed E-state index contributed by atoms with van der Waals surface area (Å²) in [4.78, 5) is 28.4. The molecular weight excluding hydrogens is 387 g/mol. The van der Waals surface area contributed by atoms with Gasteiger partial charge in [0.15, 0.2) is 0 Å². The molecule has 0 fully saturated rings. The minimum Gasteiger partial charge on any atom is -0.354 e. The van der Waals surface area contributed by atoms with Gasteiger partial charge in [-0.15, -0.1) is 11.8 Å². The average molecular weight is 417 g/mol. The van der Waals surface area contributed by atoms with Crippen LogP contribution in [-0.4, -0.2) is 35.1 Å². The molecule has 0 bridgehead atoms. The van der Waals surface area contributed by atoms with Crippen LogP contribution < -0.4 is 5.32 Å². The third-order valence-electron chi connectivity index (χ3n) is 4.58. The summed E-state index contributed by atoms with van der Waals surface area (Å²) >= 11 is 1.45. The Labute approximate surface area is 176 Å². The number of carbonyl (C=O) groups excluding carboxylic acids is 2. The van der Waals surface area contributed by atoms with Crippen molar-refractivity contribution in [3.63, 3.8) is 0 Å². The van der Waals surface area contributed by atoms with E-state index in [2.05, 4.69) is 5.32 Å². The molecule has 29 heavy (non-hydrogen) atoms. The summed E-state index contributed by atoms with van der Waals surface area (Å²) in [6, 6.07) is 13.5. The lowest BCUT2D eigenvalue weighted by Crippen LogP contribution is -2.49. The quantitative estimate of drug-likeness (QED) is 0.578. The number of aryl methyl sites for hydroxylation is 1. The van der Waals surface area contributed by atoms with Crippen molar-refractivity contribution >= 4 is 23.6 Å². The Bertz CT molecular complexity index is 794. The van der Waals surface area contributed by atoms with Gasteiger partial charge in [-0.3, -0.25) is 9.59 Å². The van der Waals surface area contributed by atoms with Gasteiger partial charge in [-0.05, 0) is 49.6 Å². The molecule has 0 saturated carbocycles. The van der Waals surface area contributed by atoms with Gasteiger partial charge in [0.2, 0.25) is 11.8 Å². The summed E-state index contributed by atoms with van der Waals surface area (Å²) in [5, 5.41) is 2.89. The zero-order valence-electron chi connectivity index (χ0n) is 17.3. The molecule has 6 heteroatoms. The zero-order chi connectivity index (χ0) is 21.2. The summed E-state index contributed by atoms with van der Waals surface area (Å²) in [6.07, 6.45) is 1.34. The van der Waals surface area contributed by atoms with Gasteiger partial charge in [-0.25, -0.2) is 4.39 Å². The topological polar surface area (TPSA) is 49.4 Å². The summed E-state index contributed by atoms with van der Waals surface area (Å²) in [5.41, 5.74) is 1.96. The average Bonchev–Trinajstić information content (AvgIpc) is 2.72. The van der Waals surface area contributed by atoms with Gasteiger partial charge in [-0.1, -0.05) is 43.7 Å². The molecule has 0 aromatic heterocycles. The lowest BCUT2D eigenvalue weighted by atomic mass is 10.1. The van der Waals surface area contributed by atoms with Crippen LogP contribution in [0.5, 0.6) is 0 Å². The van der Waals surface area contributed by atoms with Crippen LogP contribution in [0.15, 0.2) is 53.4 Å². The molecular formula is C23H29FN2O2S. The second-order valence-corrected chi connectivity index (χ2v) is 8.01. The molecule has 2 aromatic rings. The molecule has 2 amide bonds. The number of benzene rings is 2. The first-order valence-corrected chi connectivity index (χ1v) is 10.9. The number of hydrogen-bond donors (Lipinski definition) is 1. The Morgan fingerprint density at radius 2 is 1.72 bits per heavy atom. The van der Waals surface area contributed by atoms with E-state index in [9.17, 15) is 14.0 Å². The molecule has 0 heterocycles. The van der Waals surface area contributed by atoms with Gasteiger partial charge < -0.3 is 10.2 Å². The first-order valence-electron chi connectivity index (χ1n) is 9.95. The van der Waals surface area contributed by atoms with E-state index < -0.39 is 6.04 Å². The number of amides is 2. The molecule has 1 atom stereocenters. The van der Waals surface area contributed by atoms with Crippen molar-refractivity contribution in [2.75, 3.05) is 12.3 Å². The van der Waals surface area contributed by atoms with Gasteiger partial charge in [0.25, 0.3) is 0 Å². The fourth-order valence-corrected chi connectivity index (χ4v) is 3.72. The third-order valence-corrected chi connectivity index (χ3v) is 5.58. The molecule has 2 aromatic carbocycles. The Kier molecular flexibility index (Phi) is 9.19. The first kappa shape index (κ1) is 22.9. The van der Waals surface area contributed by atoms with Crippen LogP contribution in [0.1, 0.15) is 37.8 Å². The van der Waals surface area contributed by atoms with Crippen molar-refractivity contribution in [2.24, 2.45) is 0 Å². The van der Waals surface area contributed by atoms with Gasteiger partial charge in [0.05, 0.1) is 5.75 Å². The Balaban J connectivity index is 2.16. The van der Waals surface area contributed by atoms with Crippen molar-refractivity contribution in [1.29, 1.82) is 0 Å². The van der Waals surface area contributed by atoms with Crippen LogP contribution in [0.4, 0.5) is 4.39 Å². The highest BCUT2D eigenvalue weighted by atomic mass is 32.2. The zero-order valence-corrected chi connectivity index (χ0v) is 18.1. The van der Waals surface area contributed by atoms with E-state index in [1.54, 1.807) is 17.0 Å². The normalized spacial score (nSPS) is 11.7. The Morgan fingerprint density at radius 3 is 2.31 bits per heavy atom. The van der Waals surface area contributed by atoms with Crippen LogP contribution in [0.3, 0.4) is 0 Å². The highest BCUT2D eigenvalue weighted by molar-refractivity contribution is 8.00. The van der Waals surface area contributed by atoms with Crippen LogP contribution in [-0.2, 0) is 16.1 Å². The summed E-state index contributed by atoms with van der Waals surface area (Å²) < 4.78 is 13.3. The number of carbonyl (C=O) groups is 2. The molecule has 0 aliphatic carbocycles. The molecule has 0 saturated heterocycles. The van der Waals surface area contributed by atoms with Crippen molar-refractivity contribution in [2.45, 2.75) is 51.1 Å². The number of halogens is 1. The van der Waals surface area contributed by atoms with Crippen molar-refractivity contribution in [3.05, 3.63) is 65.5 Å². The predicted octanol–water partition coefficient (Wildman–Crippen LogP) is 4.56. The molecule has 1 N–H and O–H groups in total. The molecule has 156 valence electrons. The number of hydrogen-bond acceptors (Lipinski definition) is 3. The highest BCUT2D eigenvalue weighted by Gasteiger charge is 2.28. The van der Waals surface area contributed by atoms with Crippen LogP contribution in [0.2, 0.25) is 0 Å². The largest absolute Gasteiger partial charge is 0.354 e. The van der Waals surface area contributed by atoms with E-state index in [0.717, 1.165) is 22.4 Å². The van der Waals surface area contributed by atoms with Crippen LogP contribution in [0, 0.1) is 12.7 Å². The second kappa shape index (κ2) is 11.6. The van der Waals surface area contributed by atoms with E-state index in [0.29, 0.717) is 13.0 Å². The van der Waals surface area contributed by atoms with Gasteiger partial charge in [0, 0.05) is 18.0 Å². The Hall–Kier alpha value is -2.34. The van der Waals surface area contributed by atoms with Gasteiger partial charge in [0.1, 0.15) is 11.9 Å². The fraction of sp³-hybridized carbons (Fsp3) is 0.391. The number of thioether (sulfide) groups is 1. The van der Waals surface area contributed by atoms with Crippen molar-refractivity contribution in [3.8, 4) is 0 Å². The molecule has 0 radical (unpaired) electrons. The lowest BCUT2D eigenvalue weighted by molar-refractivity contribution is -0.139. The van der Waals surface area contributed by atoms with Crippen LogP contribution in [0.25, 0.3) is 0 Å². The highest BCUT2D eigenvalue weighted by Crippen LogP contribution is 2.21. The SMILES string of the molecule is CCCNC(=O)[C@@H](CC)N(Cc1ccc(F)cc1)C(=O)CSc1ccc(C)cc1. The third kappa shape index (κ3) is 7.20. The molecule has 0 unspecified atom stereocenters. The van der Waals surface area contributed by atoms with E-state index in [1.807, 2.05) is 45.0 Å². The van der Waals surface area contributed by atoms with Crippen molar-refractivity contribution in [1.82, 2.24) is 10.2 Å². The lowest BCUT2D eigenvalue weighted by Gasteiger charge is -2.30.